The van der Waals surface area contributed by atoms with Crippen molar-refractivity contribution in [1.82, 2.24) is 5.32 Å². The van der Waals surface area contributed by atoms with Crippen LogP contribution in [0.25, 0.3) is 0 Å². The van der Waals surface area contributed by atoms with E-state index in [4.69, 9.17) is 0 Å². The molecule has 1 rings (SSSR count). The first kappa shape index (κ1) is 12.2. The van der Waals surface area contributed by atoms with Crippen LogP contribution in [0.1, 0.15) is 21.5 Å². The molecule has 0 spiro atoms. The van der Waals surface area contributed by atoms with Crippen LogP contribution < -0.4 is 5.32 Å². The molecule has 0 aromatic heterocycles. The highest BCUT2D eigenvalue weighted by molar-refractivity contribution is 9.10. The van der Waals surface area contributed by atoms with E-state index < -0.39 is 0 Å². The summed E-state index contributed by atoms with van der Waals surface area (Å²) < 4.78 is 0.875. The number of Topliss-reactive ketones (excluding diaryl/α,β-unsaturated/α-hetero) is 1. The molecule has 1 aromatic rings. The first-order valence-corrected chi connectivity index (χ1v) is 5.44. The molecule has 0 aliphatic rings. The summed E-state index contributed by atoms with van der Waals surface area (Å²) in [6, 6.07) is 1.60. The number of carbonyl (C=O) groups excluding carboxylic acids is 1. The van der Waals surface area contributed by atoms with Crippen LogP contribution >= 0.6 is 15.9 Å². The van der Waals surface area contributed by atoms with Gasteiger partial charge in [0.05, 0.1) is 12.1 Å². The lowest BCUT2D eigenvalue weighted by Gasteiger charge is -2.11. The Hall–Kier alpha value is -0.870. The van der Waals surface area contributed by atoms with Crippen LogP contribution in [0.5, 0.6) is 5.75 Å². The predicted octanol–water partition coefficient (Wildman–Crippen LogP) is 2.17. The van der Waals surface area contributed by atoms with Gasteiger partial charge in [-0.25, -0.2) is 0 Å². The molecule has 0 saturated carbocycles. The Morgan fingerprint density at radius 2 is 2.13 bits per heavy atom. The average molecular weight is 272 g/mol. The monoisotopic (exact) mass is 271 g/mol. The van der Waals surface area contributed by atoms with Crippen LogP contribution in [0.3, 0.4) is 0 Å². The first-order valence-electron chi connectivity index (χ1n) is 4.65. The summed E-state index contributed by atoms with van der Waals surface area (Å²) in [5, 5.41) is 12.5. The van der Waals surface area contributed by atoms with Gasteiger partial charge in [0.1, 0.15) is 5.75 Å². The molecule has 0 aliphatic carbocycles. The SMILES string of the molecule is CNCC(=O)c1c(O)cc(C)c(Br)c1C. The Bertz CT molecular complexity index is 402. The molecule has 0 heterocycles. The summed E-state index contributed by atoms with van der Waals surface area (Å²) in [5.74, 6) is -0.0540. The molecule has 0 atom stereocenters. The Labute approximate surface area is 97.6 Å². The molecule has 0 radical (unpaired) electrons. The minimum Gasteiger partial charge on any atom is -0.507 e. The van der Waals surface area contributed by atoms with E-state index in [1.165, 1.54) is 0 Å². The maximum Gasteiger partial charge on any atom is 0.180 e. The average Bonchev–Trinajstić information content (AvgIpc) is 2.15. The Morgan fingerprint density at radius 3 is 2.67 bits per heavy atom. The molecule has 3 nitrogen and oxygen atoms in total. The number of aromatic hydroxyl groups is 1. The topological polar surface area (TPSA) is 49.3 Å². The lowest BCUT2D eigenvalue weighted by atomic mass is 10.0. The number of likely N-dealkylation sites (N-methyl/N-ethyl adjacent to an activating group) is 1. The number of nitrogens with one attached hydrogen (secondary N) is 1. The summed E-state index contributed by atoms with van der Waals surface area (Å²) in [6.45, 7) is 3.92. The fourth-order valence-electron chi connectivity index (χ4n) is 1.54. The van der Waals surface area contributed by atoms with E-state index in [0.717, 1.165) is 15.6 Å². The summed E-state index contributed by atoms with van der Waals surface area (Å²) in [5.41, 5.74) is 2.10. The molecule has 0 amide bonds. The van der Waals surface area contributed by atoms with Crippen molar-refractivity contribution in [3.8, 4) is 5.75 Å². The van der Waals surface area contributed by atoms with Crippen molar-refractivity contribution < 1.29 is 9.90 Å². The minimum atomic E-state index is -0.104. The van der Waals surface area contributed by atoms with Crippen LogP contribution in [0.4, 0.5) is 0 Å². The van der Waals surface area contributed by atoms with E-state index in [-0.39, 0.29) is 18.1 Å². The van der Waals surface area contributed by atoms with Crippen molar-refractivity contribution in [2.24, 2.45) is 0 Å². The molecule has 1 aromatic carbocycles. The van der Waals surface area contributed by atoms with E-state index >= 15 is 0 Å². The molecule has 0 saturated heterocycles. The Morgan fingerprint density at radius 1 is 1.53 bits per heavy atom. The molecule has 4 heteroatoms. The quantitative estimate of drug-likeness (QED) is 0.829. The van der Waals surface area contributed by atoms with Gasteiger partial charge in [-0.15, -0.1) is 0 Å². The number of ketones is 1. The van der Waals surface area contributed by atoms with Gasteiger partial charge in [-0.2, -0.15) is 0 Å². The maximum absolute atomic E-state index is 11.7. The highest BCUT2D eigenvalue weighted by Crippen LogP contribution is 2.31. The van der Waals surface area contributed by atoms with Gasteiger partial charge < -0.3 is 10.4 Å². The van der Waals surface area contributed by atoms with Gasteiger partial charge in [-0.05, 0) is 38.1 Å². The van der Waals surface area contributed by atoms with Crippen LogP contribution in [-0.4, -0.2) is 24.5 Å². The molecular formula is C11H14BrNO2. The van der Waals surface area contributed by atoms with Crippen LogP contribution in [0, 0.1) is 13.8 Å². The highest BCUT2D eigenvalue weighted by Gasteiger charge is 2.16. The minimum absolute atomic E-state index is 0.0495. The van der Waals surface area contributed by atoms with Crippen LogP contribution in [0.2, 0.25) is 0 Å². The van der Waals surface area contributed by atoms with Crippen molar-refractivity contribution in [1.29, 1.82) is 0 Å². The number of carbonyl (C=O) groups is 1. The molecular weight excluding hydrogens is 258 g/mol. The third-order valence-electron chi connectivity index (χ3n) is 2.28. The van der Waals surface area contributed by atoms with Crippen molar-refractivity contribution in [2.45, 2.75) is 13.8 Å². The lowest BCUT2D eigenvalue weighted by molar-refractivity contribution is 0.0990. The second kappa shape index (κ2) is 4.77. The number of phenols is 1. The third kappa shape index (κ3) is 2.38. The fourth-order valence-corrected chi connectivity index (χ4v) is 1.85. The maximum atomic E-state index is 11.7. The number of benzene rings is 1. The van der Waals surface area contributed by atoms with Gasteiger partial charge in [0.25, 0.3) is 0 Å². The summed E-state index contributed by atoms with van der Waals surface area (Å²) in [6.07, 6.45) is 0. The van der Waals surface area contributed by atoms with Gasteiger partial charge in [0, 0.05) is 4.47 Å². The van der Waals surface area contributed by atoms with Crippen molar-refractivity contribution in [2.75, 3.05) is 13.6 Å². The van der Waals surface area contributed by atoms with E-state index in [1.54, 1.807) is 13.1 Å². The van der Waals surface area contributed by atoms with Gasteiger partial charge in [0.15, 0.2) is 5.78 Å². The molecule has 2 N–H and O–H groups in total. The first-order chi connectivity index (χ1) is 6.99. The molecule has 0 fully saturated rings. The van der Waals surface area contributed by atoms with Gasteiger partial charge >= 0.3 is 0 Å². The molecule has 0 aliphatic heterocycles. The second-order valence-electron chi connectivity index (χ2n) is 3.48. The van der Waals surface area contributed by atoms with E-state index in [2.05, 4.69) is 21.2 Å². The largest absolute Gasteiger partial charge is 0.507 e. The van der Waals surface area contributed by atoms with Crippen LogP contribution in [-0.2, 0) is 0 Å². The Kier molecular flexibility index (Phi) is 3.88. The third-order valence-corrected chi connectivity index (χ3v) is 3.50. The normalized spacial score (nSPS) is 10.4. The lowest BCUT2D eigenvalue weighted by Crippen LogP contribution is -2.19. The molecule has 0 unspecified atom stereocenters. The number of halogens is 1. The highest BCUT2D eigenvalue weighted by atomic mass is 79.9. The number of rotatable bonds is 3. The van der Waals surface area contributed by atoms with Gasteiger partial charge in [-0.3, -0.25) is 4.79 Å². The standard InChI is InChI=1S/C11H14BrNO2/c1-6-4-8(14)10(7(2)11(6)12)9(15)5-13-3/h4,13-14H,5H2,1-3H3. The molecule has 82 valence electrons. The van der Waals surface area contributed by atoms with E-state index in [0.29, 0.717) is 5.56 Å². The molecule has 15 heavy (non-hydrogen) atoms. The van der Waals surface area contributed by atoms with Gasteiger partial charge in [-0.1, -0.05) is 15.9 Å². The van der Waals surface area contributed by atoms with E-state index in [1.807, 2.05) is 13.8 Å². The van der Waals surface area contributed by atoms with Crippen molar-refractivity contribution in [3.63, 3.8) is 0 Å². The summed E-state index contributed by atoms with van der Waals surface area (Å²) in [7, 11) is 1.70. The summed E-state index contributed by atoms with van der Waals surface area (Å²) in [4.78, 5) is 11.7. The zero-order valence-corrected chi connectivity index (χ0v) is 10.6. The number of aryl methyl sites for hydroxylation is 1. The summed E-state index contributed by atoms with van der Waals surface area (Å²) >= 11 is 3.40. The number of phenolic OH excluding ortho intramolecular Hbond substituents is 1. The number of hydrogen-bond donors (Lipinski definition) is 2. The van der Waals surface area contributed by atoms with Crippen molar-refractivity contribution >= 4 is 21.7 Å². The zero-order valence-electron chi connectivity index (χ0n) is 9.02. The zero-order chi connectivity index (χ0) is 11.6. The predicted molar refractivity (Wildman–Crippen MR) is 63.5 cm³/mol. The van der Waals surface area contributed by atoms with Crippen LogP contribution in [0.15, 0.2) is 10.5 Å². The van der Waals surface area contributed by atoms with Crippen molar-refractivity contribution in [3.05, 3.63) is 27.2 Å². The second-order valence-corrected chi connectivity index (χ2v) is 4.27. The smallest absolute Gasteiger partial charge is 0.180 e. The van der Waals surface area contributed by atoms with Gasteiger partial charge in [0.2, 0.25) is 0 Å². The van der Waals surface area contributed by atoms with E-state index in [9.17, 15) is 9.90 Å². The Balaban J connectivity index is 3.29. The number of hydrogen-bond acceptors (Lipinski definition) is 3. The molecule has 0 bridgehead atoms. The fraction of sp³-hybridized carbons (Fsp3) is 0.364.